The first kappa shape index (κ1) is 22.8. The third kappa shape index (κ3) is 8.47. The third-order valence-corrected chi connectivity index (χ3v) is 6.30. The number of rotatable bonds is 12. The summed E-state index contributed by atoms with van der Waals surface area (Å²) in [5.74, 6) is 0.552. The van der Waals surface area contributed by atoms with E-state index in [4.69, 9.17) is 4.74 Å². The van der Waals surface area contributed by atoms with Gasteiger partial charge in [0.2, 0.25) is 5.91 Å². The molecule has 2 saturated carbocycles. The number of unbranched alkanes of at least 4 members (excludes halogenated alkanes) is 4. The van der Waals surface area contributed by atoms with Gasteiger partial charge in [-0.3, -0.25) is 20.4 Å². The van der Waals surface area contributed by atoms with Gasteiger partial charge < -0.3 is 4.74 Å². The van der Waals surface area contributed by atoms with Crippen LogP contribution in [0.3, 0.4) is 0 Å². The van der Waals surface area contributed by atoms with Crippen LogP contribution in [-0.4, -0.2) is 25.0 Å². The second kappa shape index (κ2) is 12.7. The Morgan fingerprint density at radius 2 is 1.53 bits per heavy atom. The van der Waals surface area contributed by atoms with Gasteiger partial charge in [0.1, 0.15) is 0 Å². The maximum absolute atomic E-state index is 12.1. The molecule has 0 saturated heterocycles. The van der Waals surface area contributed by atoms with Gasteiger partial charge in [0, 0.05) is 24.7 Å². The van der Waals surface area contributed by atoms with Gasteiger partial charge >= 0.3 is 0 Å². The highest BCUT2D eigenvalue weighted by atomic mass is 16.5. The number of aryl methyl sites for hydroxylation is 1. The SMILES string of the molecule is O=C(NNC(=O)C1CC1)c1ccc(CCCCCCCOCC2CCCCC2)cc1. The van der Waals surface area contributed by atoms with Gasteiger partial charge in [-0.2, -0.15) is 0 Å². The van der Waals surface area contributed by atoms with E-state index < -0.39 is 0 Å². The lowest BCUT2D eigenvalue weighted by molar-refractivity contribution is -0.123. The van der Waals surface area contributed by atoms with Crippen molar-refractivity contribution < 1.29 is 14.3 Å². The minimum absolute atomic E-state index is 0.0850. The van der Waals surface area contributed by atoms with Gasteiger partial charge in [0.15, 0.2) is 0 Å². The van der Waals surface area contributed by atoms with Crippen molar-refractivity contribution in [1.29, 1.82) is 0 Å². The van der Waals surface area contributed by atoms with E-state index in [2.05, 4.69) is 10.9 Å². The fourth-order valence-corrected chi connectivity index (χ4v) is 4.13. The predicted molar refractivity (Wildman–Crippen MR) is 119 cm³/mol. The van der Waals surface area contributed by atoms with Crippen molar-refractivity contribution in [2.75, 3.05) is 13.2 Å². The summed E-state index contributed by atoms with van der Waals surface area (Å²) in [6.45, 7) is 1.89. The summed E-state index contributed by atoms with van der Waals surface area (Å²) in [5, 5.41) is 0. The number of hydrazine groups is 1. The van der Waals surface area contributed by atoms with E-state index in [0.29, 0.717) is 5.56 Å². The topological polar surface area (TPSA) is 67.4 Å². The molecule has 3 rings (SSSR count). The largest absolute Gasteiger partial charge is 0.381 e. The number of carbonyl (C=O) groups excluding carboxylic acids is 2. The Hall–Kier alpha value is -1.88. The van der Waals surface area contributed by atoms with Crippen molar-refractivity contribution in [1.82, 2.24) is 10.9 Å². The molecule has 2 aliphatic carbocycles. The van der Waals surface area contributed by atoms with Crippen LogP contribution in [0.4, 0.5) is 0 Å². The number of hydrogen-bond acceptors (Lipinski definition) is 3. The molecule has 30 heavy (non-hydrogen) atoms. The normalized spacial score (nSPS) is 16.9. The number of amides is 2. The molecule has 1 aromatic carbocycles. The first-order valence-electron chi connectivity index (χ1n) is 12.0. The second-order valence-corrected chi connectivity index (χ2v) is 9.01. The average Bonchev–Trinajstić information content (AvgIpc) is 3.63. The Morgan fingerprint density at radius 1 is 0.833 bits per heavy atom. The van der Waals surface area contributed by atoms with E-state index in [1.165, 1.54) is 69.8 Å². The molecular weight excluding hydrogens is 376 g/mol. The Balaban J connectivity index is 1.18. The summed E-state index contributed by atoms with van der Waals surface area (Å²) in [6.07, 6.45) is 15.9. The molecule has 5 nitrogen and oxygen atoms in total. The van der Waals surface area contributed by atoms with Crippen LogP contribution in [0, 0.1) is 11.8 Å². The number of nitrogens with one attached hydrogen (secondary N) is 2. The molecule has 2 aliphatic rings. The summed E-state index contributed by atoms with van der Waals surface area (Å²) in [6, 6.07) is 7.68. The maximum atomic E-state index is 12.1. The van der Waals surface area contributed by atoms with Crippen molar-refractivity contribution >= 4 is 11.8 Å². The number of ether oxygens (including phenoxy) is 1. The van der Waals surface area contributed by atoms with E-state index in [1.54, 1.807) is 0 Å². The van der Waals surface area contributed by atoms with Crippen LogP contribution < -0.4 is 10.9 Å². The minimum Gasteiger partial charge on any atom is -0.381 e. The van der Waals surface area contributed by atoms with Crippen LogP contribution in [0.25, 0.3) is 0 Å². The Bertz CT molecular complexity index is 649. The zero-order valence-corrected chi connectivity index (χ0v) is 18.3. The Labute approximate surface area is 181 Å². The maximum Gasteiger partial charge on any atom is 0.269 e. The van der Waals surface area contributed by atoms with Crippen LogP contribution in [-0.2, 0) is 16.0 Å². The third-order valence-electron chi connectivity index (χ3n) is 6.30. The van der Waals surface area contributed by atoms with Gasteiger partial charge in [0.25, 0.3) is 5.91 Å². The fourth-order valence-electron chi connectivity index (χ4n) is 4.13. The molecule has 0 atom stereocenters. The van der Waals surface area contributed by atoms with Crippen molar-refractivity contribution in [3.8, 4) is 0 Å². The number of benzene rings is 1. The number of carbonyl (C=O) groups is 2. The molecule has 0 aliphatic heterocycles. The lowest BCUT2D eigenvalue weighted by Crippen LogP contribution is -2.42. The zero-order valence-electron chi connectivity index (χ0n) is 18.3. The van der Waals surface area contributed by atoms with Gasteiger partial charge in [-0.05, 0) is 68.6 Å². The van der Waals surface area contributed by atoms with Crippen LogP contribution in [0.2, 0.25) is 0 Å². The summed E-state index contributed by atoms with van der Waals surface area (Å²) >= 11 is 0. The Kier molecular flexibility index (Phi) is 9.68. The Morgan fingerprint density at radius 3 is 2.27 bits per heavy atom. The average molecular weight is 415 g/mol. The first-order valence-corrected chi connectivity index (χ1v) is 12.0. The zero-order chi connectivity index (χ0) is 21.0. The molecule has 0 unspecified atom stereocenters. The van der Waals surface area contributed by atoms with Gasteiger partial charge in [-0.15, -0.1) is 0 Å². The highest BCUT2D eigenvalue weighted by Crippen LogP contribution is 2.28. The monoisotopic (exact) mass is 414 g/mol. The minimum atomic E-state index is -0.263. The highest BCUT2D eigenvalue weighted by molar-refractivity contribution is 5.95. The van der Waals surface area contributed by atoms with E-state index in [0.717, 1.165) is 38.4 Å². The molecule has 0 spiro atoms. The van der Waals surface area contributed by atoms with Crippen molar-refractivity contribution in [2.45, 2.75) is 83.5 Å². The molecule has 2 amide bonds. The lowest BCUT2D eigenvalue weighted by atomic mass is 9.90. The molecule has 1 aromatic rings. The molecule has 0 bridgehead atoms. The van der Waals surface area contributed by atoms with Crippen molar-refractivity contribution in [2.24, 2.45) is 11.8 Å². The van der Waals surface area contributed by atoms with Crippen LogP contribution in [0.5, 0.6) is 0 Å². The van der Waals surface area contributed by atoms with Gasteiger partial charge in [0.05, 0.1) is 0 Å². The van der Waals surface area contributed by atoms with E-state index in [1.807, 2.05) is 24.3 Å². The smallest absolute Gasteiger partial charge is 0.269 e. The number of hydrogen-bond donors (Lipinski definition) is 2. The van der Waals surface area contributed by atoms with Crippen LogP contribution in [0.15, 0.2) is 24.3 Å². The molecule has 166 valence electrons. The van der Waals surface area contributed by atoms with Crippen molar-refractivity contribution in [3.63, 3.8) is 0 Å². The quantitative estimate of drug-likeness (QED) is 0.376. The predicted octanol–water partition coefficient (Wildman–Crippen LogP) is 4.95. The summed E-state index contributed by atoms with van der Waals surface area (Å²) in [5.41, 5.74) is 6.81. The first-order chi connectivity index (χ1) is 14.7. The van der Waals surface area contributed by atoms with Crippen LogP contribution in [0.1, 0.15) is 93.0 Å². The molecule has 2 fully saturated rings. The molecule has 5 heteroatoms. The van der Waals surface area contributed by atoms with E-state index >= 15 is 0 Å². The summed E-state index contributed by atoms with van der Waals surface area (Å²) in [4.78, 5) is 23.6. The molecule has 0 radical (unpaired) electrons. The standard InChI is InChI=1S/C25H38N2O3/c28-24(26-27-25(29)23-16-17-23)22-14-12-20(13-15-22)9-5-2-1-3-8-18-30-19-21-10-6-4-7-11-21/h12-15,21,23H,1-11,16-19H2,(H,26,28)(H,27,29). The fraction of sp³-hybridized carbons (Fsp3) is 0.680. The molecule has 2 N–H and O–H groups in total. The molecular formula is C25H38N2O3. The second-order valence-electron chi connectivity index (χ2n) is 9.01. The van der Waals surface area contributed by atoms with Crippen molar-refractivity contribution in [3.05, 3.63) is 35.4 Å². The van der Waals surface area contributed by atoms with E-state index in [9.17, 15) is 9.59 Å². The summed E-state index contributed by atoms with van der Waals surface area (Å²) < 4.78 is 5.87. The summed E-state index contributed by atoms with van der Waals surface area (Å²) in [7, 11) is 0. The molecule has 0 heterocycles. The van der Waals surface area contributed by atoms with Gasteiger partial charge in [-0.25, -0.2) is 0 Å². The molecule has 0 aromatic heterocycles. The van der Waals surface area contributed by atoms with E-state index in [-0.39, 0.29) is 17.7 Å². The highest BCUT2D eigenvalue weighted by Gasteiger charge is 2.29. The lowest BCUT2D eigenvalue weighted by Gasteiger charge is -2.21. The van der Waals surface area contributed by atoms with Gasteiger partial charge in [-0.1, -0.05) is 50.7 Å². The van der Waals surface area contributed by atoms with Crippen LogP contribution >= 0.6 is 0 Å².